The van der Waals surface area contributed by atoms with E-state index in [1.165, 1.54) is 0 Å². The quantitative estimate of drug-likeness (QED) is 0.0854. The van der Waals surface area contributed by atoms with E-state index in [0.717, 1.165) is 0 Å². The fourth-order valence-electron chi connectivity index (χ4n) is 2.97. The Morgan fingerprint density at radius 2 is 1.38 bits per heavy atom. The molecule has 37 heavy (non-hydrogen) atoms. The van der Waals surface area contributed by atoms with Crippen molar-refractivity contribution in [1.82, 2.24) is 0 Å². The van der Waals surface area contributed by atoms with Gasteiger partial charge in [-0.25, -0.2) is 4.57 Å². The minimum absolute atomic E-state index is 0.0598. The molecule has 20 heteroatoms. The number of phosphoric acid groups is 1. The minimum atomic E-state index is -4.83. The second kappa shape index (κ2) is 15.1. The first-order valence-electron chi connectivity index (χ1n) is 10.6. The monoisotopic (exact) mass is 571 g/mol. The van der Waals surface area contributed by atoms with Gasteiger partial charge in [-0.3, -0.25) is 9.05 Å². The fraction of sp³-hybridized carbons (Fsp3) is 0.941. The van der Waals surface area contributed by atoms with E-state index in [9.17, 15) is 55.1 Å². The Balaban J connectivity index is 0.000000474. The Hall–Kier alpha value is -0.780. The molecule has 2 aliphatic heterocycles. The van der Waals surface area contributed by atoms with Crippen LogP contribution in [0, 0.1) is 0 Å². The van der Waals surface area contributed by atoms with E-state index in [0.29, 0.717) is 0 Å². The van der Waals surface area contributed by atoms with Crippen LogP contribution in [0.25, 0.3) is 0 Å². The van der Waals surface area contributed by atoms with Gasteiger partial charge in [-0.05, 0) is 0 Å². The third kappa shape index (κ3) is 9.72. The predicted molar refractivity (Wildman–Crippen MR) is 113 cm³/mol. The predicted octanol–water partition coefficient (Wildman–Crippen LogP) is -8.05. The number of carbonyl (C=O) groups is 1. The van der Waals surface area contributed by atoms with E-state index in [1.54, 1.807) is 0 Å². The summed E-state index contributed by atoms with van der Waals surface area (Å²) in [5.74, 6) is 0. The highest BCUT2D eigenvalue weighted by atomic mass is 31.2. The van der Waals surface area contributed by atoms with Crippen LogP contribution in [0.2, 0.25) is 0 Å². The highest BCUT2D eigenvalue weighted by Gasteiger charge is 2.44. The SMILES string of the molecule is N[C@@H]1[C@@H](O)[C@@H](O)[C@@H](CO)O[C@H]1O.O=C[C@H](O)[C@H](O)[C@H](O)COP(=O)(O)OC[C@H]1OC(O)[C@H](O)[C@@H](O)[C@@H]1O. The summed E-state index contributed by atoms with van der Waals surface area (Å²) in [5, 5.41) is 101. The third-order valence-corrected chi connectivity index (χ3v) is 6.28. The third-order valence-electron chi connectivity index (χ3n) is 5.33. The van der Waals surface area contributed by atoms with Crippen LogP contribution >= 0.6 is 7.82 Å². The van der Waals surface area contributed by atoms with Crippen LogP contribution in [0.5, 0.6) is 0 Å². The maximum absolute atomic E-state index is 11.6. The van der Waals surface area contributed by atoms with Crippen LogP contribution in [-0.2, 0) is 27.9 Å². The van der Waals surface area contributed by atoms with Gasteiger partial charge in [0.05, 0.1) is 25.9 Å². The van der Waals surface area contributed by atoms with E-state index in [2.05, 4.69) is 9.05 Å². The number of hydrogen-bond acceptors (Lipinski definition) is 18. The van der Waals surface area contributed by atoms with Crippen LogP contribution in [0.4, 0.5) is 0 Å². The van der Waals surface area contributed by atoms with Gasteiger partial charge in [-0.1, -0.05) is 0 Å². The minimum Gasteiger partial charge on any atom is -0.394 e. The maximum atomic E-state index is 11.6. The summed E-state index contributed by atoms with van der Waals surface area (Å²) in [6.45, 7) is -2.30. The molecule has 0 aromatic carbocycles. The summed E-state index contributed by atoms with van der Waals surface area (Å²) in [4.78, 5) is 19.7. The van der Waals surface area contributed by atoms with Gasteiger partial charge in [0.2, 0.25) is 0 Å². The van der Waals surface area contributed by atoms with Gasteiger partial charge < -0.3 is 81.1 Å². The molecule has 2 unspecified atom stereocenters. The first-order chi connectivity index (χ1) is 17.1. The fourth-order valence-corrected chi connectivity index (χ4v) is 3.72. The van der Waals surface area contributed by atoms with E-state index in [1.807, 2.05) is 0 Å². The lowest BCUT2D eigenvalue weighted by atomic mass is 9.98. The zero-order valence-corrected chi connectivity index (χ0v) is 19.9. The summed E-state index contributed by atoms with van der Waals surface area (Å²) in [5.41, 5.74) is 5.26. The van der Waals surface area contributed by atoms with Crippen molar-refractivity contribution >= 4 is 14.1 Å². The Morgan fingerprint density at radius 3 is 1.92 bits per heavy atom. The lowest BCUT2D eigenvalue weighted by Crippen LogP contribution is -2.61. The van der Waals surface area contributed by atoms with Gasteiger partial charge in [-0.2, -0.15) is 0 Å². The molecule has 0 aromatic rings. The maximum Gasteiger partial charge on any atom is 0.472 e. The van der Waals surface area contributed by atoms with E-state index < -0.39 is 107 Å². The second-order valence-electron chi connectivity index (χ2n) is 8.09. The second-order valence-corrected chi connectivity index (χ2v) is 9.54. The number of aliphatic hydroxyl groups excluding tert-OH is 11. The molecule has 14 atom stereocenters. The molecule has 0 aliphatic carbocycles. The van der Waals surface area contributed by atoms with E-state index in [4.69, 9.17) is 30.5 Å². The molecule has 14 N–H and O–H groups in total. The Morgan fingerprint density at radius 1 is 0.838 bits per heavy atom. The standard InChI is InChI=1S/C11H21O13P.C6H13NO5/c12-1-4(13)7(15)5(14)2-22-25(20,21)23-3-6-8(16)9(17)10(18)11(19)24-6;7-3-5(10)4(9)2(1-8)12-6(3)11/h1,4-11,13-19H,2-3H2,(H,20,21);2-6,8-11H,1,7H2/t4-,5+,6+,7-,8+,9-,10+,11?;2-,3-,4+,5-,6-/m01/s1. The van der Waals surface area contributed by atoms with Crippen molar-refractivity contribution in [3.8, 4) is 0 Å². The zero-order valence-electron chi connectivity index (χ0n) is 19.0. The van der Waals surface area contributed by atoms with Crippen LogP contribution < -0.4 is 5.73 Å². The highest BCUT2D eigenvalue weighted by molar-refractivity contribution is 7.47. The number of aldehydes is 1. The number of phosphoric ester groups is 1. The first-order valence-corrected chi connectivity index (χ1v) is 12.1. The molecule has 0 aromatic heterocycles. The molecule has 0 saturated carbocycles. The summed E-state index contributed by atoms with van der Waals surface area (Å²) in [6.07, 6.45) is -19.4. The molecule has 0 spiro atoms. The summed E-state index contributed by atoms with van der Waals surface area (Å²) in [7, 11) is -4.83. The van der Waals surface area contributed by atoms with Crippen LogP contribution in [-0.4, -0.2) is 167 Å². The topological polar surface area (TPSA) is 340 Å². The van der Waals surface area contributed by atoms with Crippen LogP contribution in [0.1, 0.15) is 0 Å². The van der Waals surface area contributed by atoms with Crippen molar-refractivity contribution < 1.29 is 88.9 Å². The Labute approximate surface area is 209 Å². The molecule has 2 saturated heterocycles. The summed E-state index contributed by atoms with van der Waals surface area (Å²) < 4.78 is 29.9. The van der Waals surface area contributed by atoms with Gasteiger partial charge >= 0.3 is 7.82 Å². The number of rotatable bonds is 10. The Bertz CT molecular complexity index is 730. The van der Waals surface area contributed by atoms with E-state index >= 15 is 0 Å². The molecule has 2 rings (SSSR count). The van der Waals surface area contributed by atoms with Gasteiger partial charge in [0.25, 0.3) is 0 Å². The molecule has 0 amide bonds. The lowest BCUT2D eigenvalue weighted by Gasteiger charge is -2.38. The zero-order chi connectivity index (χ0) is 28.7. The molecule has 0 bridgehead atoms. The van der Waals surface area contributed by atoms with Crippen molar-refractivity contribution in [2.24, 2.45) is 5.73 Å². The number of carbonyl (C=O) groups excluding carboxylic acids is 1. The number of nitrogens with two attached hydrogens (primary N) is 1. The highest BCUT2D eigenvalue weighted by Crippen LogP contribution is 2.44. The van der Waals surface area contributed by atoms with Crippen molar-refractivity contribution in [3.63, 3.8) is 0 Å². The molecule has 2 aliphatic rings. The van der Waals surface area contributed by atoms with Crippen molar-refractivity contribution in [3.05, 3.63) is 0 Å². The van der Waals surface area contributed by atoms with Crippen LogP contribution in [0.15, 0.2) is 0 Å². The molecule has 2 fully saturated rings. The average Bonchev–Trinajstić information content (AvgIpc) is 2.87. The lowest BCUT2D eigenvalue weighted by molar-refractivity contribution is -0.285. The number of aliphatic hydroxyl groups is 11. The van der Waals surface area contributed by atoms with Gasteiger partial charge in [0, 0.05) is 0 Å². The molecular formula is C17H34NO18P. The largest absolute Gasteiger partial charge is 0.472 e. The number of ether oxygens (including phenoxy) is 2. The van der Waals surface area contributed by atoms with Crippen molar-refractivity contribution in [1.29, 1.82) is 0 Å². The molecule has 0 radical (unpaired) electrons. The Kier molecular flexibility index (Phi) is 14.0. The summed E-state index contributed by atoms with van der Waals surface area (Å²) in [6, 6.07) is -1.04. The molecule has 220 valence electrons. The normalized spacial score (nSPS) is 40.5. The first kappa shape index (κ1) is 34.2. The van der Waals surface area contributed by atoms with Gasteiger partial charge in [0.15, 0.2) is 18.9 Å². The molecular weight excluding hydrogens is 537 g/mol. The molecule has 19 nitrogen and oxygen atoms in total. The van der Waals surface area contributed by atoms with Crippen molar-refractivity contribution in [2.45, 2.75) is 79.7 Å². The smallest absolute Gasteiger partial charge is 0.394 e. The van der Waals surface area contributed by atoms with Gasteiger partial charge in [0.1, 0.15) is 61.0 Å². The van der Waals surface area contributed by atoms with Gasteiger partial charge in [-0.15, -0.1) is 0 Å². The summed E-state index contributed by atoms with van der Waals surface area (Å²) >= 11 is 0. The number of hydrogen-bond donors (Lipinski definition) is 13. The average molecular weight is 571 g/mol. The van der Waals surface area contributed by atoms with Crippen LogP contribution in [0.3, 0.4) is 0 Å². The van der Waals surface area contributed by atoms with Crippen molar-refractivity contribution in [2.75, 3.05) is 19.8 Å². The molecule has 2 heterocycles. The van der Waals surface area contributed by atoms with E-state index in [-0.39, 0.29) is 6.29 Å².